The molecule has 0 N–H and O–H groups in total. The number of pyridine rings is 6. The number of benzene rings is 6. The molecule has 6 aromatic carbocycles. The predicted octanol–water partition coefficient (Wildman–Crippen LogP) is 20.8. The lowest BCUT2D eigenvalue weighted by Crippen LogP contribution is -2.33. The molecule has 3 spiro atoms. The molecule has 0 saturated heterocycles. The third-order valence-electron chi connectivity index (χ3n) is 23.6. The van der Waals surface area contributed by atoms with Gasteiger partial charge in [-0.15, -0.1) is 0 Å². The summed E-state index contributed by atoms with van der Waals surface area (Å²) in [7, 11) is 6.52. The van der Waals surface area contributed by atoms with E-state index in [2.05, 4.69) is 267 Å². The molecular formula is C92H90FN6+3. The second kappa shape index (κ2) is 24.8. The van der Waals surface area contributed by atoms with Gasteiger partial charge in [0.05, 0.1) is 33.8 Å². The van der Waals surface area contributed by atoms with Crippen molar-refractivity contribution in [1.82, 2.24) is 15.0 Å². The van der Waals surface area contributed by atoms with E-state index in [-0.39, 0.29) is 22.1 Å². The van der Waals surface area contributed by atoms with Crippen molar-refractivity contribution in [2.45, 2.75) is 149 Å². The molecule has 6 aromatic heterocycles. The fraction of sp³-hybridized carbons (Fsp3) is 0.283. The van der Waals surface area contributed by atoms with Crippen molar-refractivity contribution in [3.05, 3.63) is 285 Å². The highest BCUT2D eigenvalue weighted by Gasteiger charge is 2.52. The van der Waals surface area contributed by atoms with Crippen LogP contribution in [0, 0.1) is 61.2 Å². The smallest absolute Gasteiger partial charge is 0.213 e. The summed E-state index contributed by atoms with van der Waals surface area (Å²) >= 11 is 0. The molecule has 0 unspecified atom stereocenters. The zero-order chi connectivity index (χ0) is 68.2. The van der Waals surface area contributed by atoms with Gasteiger partial charge in [0.15, 0.2) is 18.6 Å². The van der Waals surface area contributed by atoms with Crippen LogP contribution in [0.2, 0.25) is 0 Å². The number of halogens is 1. The van der Waals surface area contributed by atoms with Crippen LogP contribution in [0.4, 0.5) is 4.39 Å². The lowest BCUT2D eigenvalue weighted by atomic mass is 9.75. The van der Waals surface area contributed by atoms with E-state index in [1.807, 2.05) is 12.1 Å². The Morgan fingerprint density at radius 3 is 0.990 bits per heavy atom. The monoisotopic (exact) mass is 1300 g/mol. The molecule has 6 aliphatic carbocycles. The summed E-state index contributed by atoms with van der Waals surface area (Å²) < 4.78 is 20.4. The van der Waals surface area contributed by atoms with Gasteiger partial charge in [-0.2, -0.15) is 0 Å². The van der Waals surface area contributed by atoms with E-state index in [0.717, 1.165) is 41.1 Å². The van der Waals surface area contributed by atoms with E-state index in [4.69, 9.17) is 15.0 Å². The van der Waals surface area contributed by atoms with Gasteiger partial charge in [-0.1, -0.05) is 166 Å². The Labute approximate surface area is 585 Å². The molecule has 18 rings (SSSR count). The van der Waals surface area contributed by atoms with E-state index in [1.165, 1.54) is 227 Å². The largest absolute Gasteiger partial charge is 0.257 e. The molecule has 6 nitrogen and oxygen atoms in total. The van der Waals surface area contributed by atoms with Gasteiger partial charge in [0.25, 0.3) is 0 Å². The topological polar surface area (TPSA) is 50.3 Å². The zero-order valence-corrected chi connectivity index (χ0v) is 59.6. The Hall–Kier alpha value is -9.85. The Balaban J connectivity index is 0.000000116. The molecule has 99 heavy (non-hydrogen) atoms. The second-order valence-corrected chi connectivity index (χ2v) is 29.8. The van der Waals surface area contributed by atoms with Crippen LogP contribution in [0.5, 0.6) is 0 Å². The fourth-order valence-electron chi connectivity index (χ4n) is 19.0. The molecule has 3 fully saturated rings. The van der Waals surface area contributed by atoms with Gasteiger partial charge in [0.1, 0.15) is 27.0 Å². The standard InChI is InChI=1S/C31H30FN2.C31H31N2.C30H29N2/c1-19-7-13-24-25-14-8-21(3)33-30(25)31(15-5-6-16-31)29(24)28(19)27-17-20(2)26(18-34(27)4)22-9-11-23(32)12-10-22;1-20-12-14-24-25-15-13-22(3)32-30(25)31(16-8-9-17-31)29(24)28(20)27-18-21(2)26(19-33(27)4)23-10-6-5-7-11-23;1-20-11-14-24-25-15-12-21(2)31-29(25)30(17-7-8-18-30)28(24)27(20)26-16-13-23(19-32(26)3)22-9-5-4-6-10-22/h7-14,17-18H,5-6,15-16H2,1-4H3;5-7,10-15,18-19H,8-9,16-17H2,1-4H3;4-6,9-16,19H,7-8,17-18H2,1-3H3/q3*+1. The molecule has 7 heteroatoms. The molecule has 0 aliphatic heterocycles. The van der Waals surface area contributed by atoms with Gasteiger partial charge in [0.2, 0.25) is 17.1 Å². The van der Waals surface area contributed by atoms with Crippen LogP contribution in [0.1, 0.15) is 156 Å². The minimum Gasteiger partial charge on any atom is -0.257 e. The van der Waals surface area contributed by atoms with Crippen molar-refractivity contribution in [3.63, 3.8) is 0 Å². The van der Waals surface area contributed by atoms with Crippen molar-refractivity contribution in [1.29, 1.82) is 0 Å². The number of hydrogen-bond acceptors (Lipinski definition) is 3. The van der Waals surface area contributed by atoms with Gasteiger partial charge in [-0.05, 0) is 208 Å². The van der Waals surface area contributed by atoms with Gasteiger partial charge in [-0.25, -0.2) is 18.1 Å². The average Bonchev–Trinajstić information content (AvgIpc) is 1.56. The average molecular weight is 1300 g/mol. The van der Waals surface area contributed by atoms with Gasteiger partial charge in [0, 0.05) is 84.9 Å². The van der Waals surface area contributed by atoms with Crippen LogP contribution in [0.3, 0.4) is 0 Å². The van der Waals surface area contributed by atoms with E-state index in [0.29, 0.717) is 0 Å². The lowest BCUT2D eigenvalue weighted by molar-refractivity contribution is -0.660. The highest BCUT2D eigenvalue weighted by molar-refractivity contribution is 5.91. The van der Waals surface area contributed by atoms with E-state index in [1.54, 1.807) is 0 Å². The van der Waals surface area contributed by atoms with Crippen LogP contribution < -0.4 is 13.7 Å². The zero-order valence-electron chi connectivity index (χ0n) is 59.6. The molecular weight excluding hydrogens is 1210 g/mol. The Morgan fingerprint density at radius 2 is 0.616 bits per heavy atom. The number of aromatic nitrogens is 6. The molecule has 0 atom stereocenters. The Kier molecular flexibility index (Phi) is 16.0. The second-order valence-electron chi connectivity index (χ2n) is 29.8. The third kappa shape index (κ3) is 10.5. The summed E-state index contributed by atoms with van der Waals surface area (Å²) in [6.45, 7) is 17.6. The maximum absolute atomic E-state index is 13.5. The summed E-state index contributed by atoms with van der Waals surface area (Å²) in [5, 5.41) is 0. The highest BCUT2D eigenvalue weighted by Crippen LogP contribution is 2.62. The lowest BCUT2D eigenvalue weighted by Gasteiger charge is -2.28. The normalized spacial score (nSPS) is 15.6. The van der Waals surface area contributed by atoms with E-state index < -0.39 is 0 Å². The van der Waals surface area contributed by atoms with Crippen LogP contribution in [0.25, 0.3) is 101 Å². The number of nitrogens with zero attached hydrogens (tertiary/aromatic N) is 6. The molecule has 0 radical (unpaired) electrons. The number of fused-ring (bicyclic) bond motifs is 15. The first kappa shape index (κ1) is 63.9. The molecule has 492 valence electrons. The highest BCUT2D eigenvalue weighted by atomic mass is 19.1. The molecule has 0 bridgehead atoms. The quantitative estimate of drug-likeness (QED) is 0.156. The first-order valence-electron chi connectivity index (χ1n) is 36.2. The molecule has 6 heterocycles. The van der Waals surface area contributed by atoms with Gasteiger partial charge in [-0.3, -0.25) is 15.0 Å². The van der Waals surface area contributed by atoms with E-state index in [9.17, 15) is 4.39 Å². The van der Waals surface area contributed by atoms with Crippen molar-refractivity contribution >= 4 is 0 Å². The van der Waals surface area contributed by atoms with Crippen molar-refractivity contribution in [2.24, 2.45) is 21.1 Å². The Morgan fingerprint density at radius 1 is 0.293 bits per heavy atom. The maximum Gasteiger partial charge on any atom is 0.213 e. The third-order valence-corrected chi connectivity index (χ3v) is 23.6. The number of aryl methyl sites for hydroxylation is 11. The number of rotatable bonds is 6. The SMILES string of the molecule is Cc1ccc2c(n1)C1(CCCC1)c1c-2ccc(C)c1-c1cc(C)c(-c2ccc(F)cc2)c[n+]1C.Cc1ccc2c(n1)C1(CCCC1)c1c-2ccc(C)c1-c1cc(C)c(-c2ccccc2)c[n+]1C.Cc1ccc2c(n1)C1(CCCC1)c1c-2ccc(C)c1-c1ccc(-c2ccccc2)c[n+]1C. The molecule has 3 saturated carbocycles. The van der Waals surface area contributed by atoms with Crippen molar-refractivity contribution < 1.29 is 18.1 Å². The van der Waals surface area contributed by atoms with E-state index >= 15 is 0 Å². The van der Waals surface area contributed by atoms with Gasteiger partial charge < -0.3 is 0 Å². The fourth-order valence-corrected chi connectivity index (χ4v) is 19.0. The van der Waals surface area contributed by atoms with Gasteiger partial charge >= 0.3 is 0 Å². The van der Waals surface area contributed by atoms with Crippen LogP contribution >= 0.6 is 0 Å². The minimum absolute atomic E-state index is 0.00851. The summed E-state index contributed by atoms with van der Waals surface area (Å²) in [4.78, 5) is 15.4. The Bertz CT molecular complexity index is 5220. The maximum atomic E-state index is 13.5. The molecule has 6 aliphatic rings. The van der Waals surface area contributed by atoms with Crippen molar-refractivity contribution in [2.75, 3.05) is 0 Å². The predicted molar refractivity (Wildman–Crippen MR) is 401 cm³/mol. The van der Waals surface area contributed by atoms with Crippen LogP contribution in [-0.4, -0.2) is 15.0 Å². The summed E-state index contributed by atoms with van der Waals surface area (Å²) in [6.07, 6.45) is 21.5. The molecule has 12 aromatic rings. The van der Waals surface area contributed by atoms with Crippen molar-refractivity contribution in [3.8, 4) is 101 Å². The summed E-state index contributed by atoms with van der Waals surface area (Å²) in [5.41, 5.74) is 41.8. The summed E-state index contributed by atoms with van der Waals surface area (Å²) in [6, 6.07) is 64.7. The number of hydrogen-bond donors (Lipinski definition) is 0. The van der Waals surface area contributed by atoms with Crippen LogP contribution in [0.15, 0.2) is 201 Å². The first-order chi connectivity index (χ1) is 48.0. The minimum atomic E-state index is -0.205. The summed E-state index contributed by atoms with van der Waals surface area (Å²) in [5.74, 6) is -0.205. The molecule has 0 amide bonds. The first-order valence-corrected chi connectivity index (χ1v) is 36.2. The van der Waals surface area contributed by atoms with Crippen LogP contribution in [-0.2, 0) is 37.4 Å².